The van der Waals surface area contributed by atoms with Gasteiger partial charge in [-0.25, -0.2) is 4.85 Å². The Morgan fingerprint density at radius 1 is 1.14 bits per heavy atom. The van der Waals surface area contributed by atoms with Crippen LogP contribution in [0.5, 0.6) is 0 Å². The van der Waals surface area contributed by atoms with Crippen molar-refractivity contribution >= 4 is 0 Å². The van der Waals surface area contributed by atoms with E-state index in [2.05, 4.69) is 24.8 Å². The molecule has 1 N–H and O–H groups in total. The summed E-state index contributed by atoms with van der Waals surface area (Å²) in [6.45, 7) is 15.5. The van der Waals surface area contributed by atoms with E-state index in [1.807, 2.05) is 6.92 Å². The van der Waals surface area contributed by atoms with Gasteiger partial charge in [-0.3, -0.25) is 0 Å². The third kappa shape index (κ3) is 2.22. The molecule has 0 radical (unpaired) electrons. The first-order valence-electron chi connectivity index (χ1n) is 11.1. The van der Waals surface area contributed by atoms with Crippen LogP contribution in [0.4, 0.5) is 0 Å². The van der Waals surface area contributed by atoms with E-state index in [1.165, 1.54) is 11.1 Å². The summed E-state index contributed by atoms with van der Waals surface area (Å²) >= 11 is 0. The first-order chi connectivity index (χ1) is 13.3. The quantitative estimate of drug-likeness (QED) is 0.473. The van der Waals surface area contributed by atoms with Crippen LogP contribution in [-0.2, 0) is 9.47 Å². The van der Waals surface area contributed by atoms with Gasteiger partial charge in [0, 0.05) is 18.3 Å². The summed E-state index contributed by atoms with van der Waals surface area (Å²) < 4.78 is 12.0. The average molecular weight is 384 g/mol. The molecule has 0 aromatic carbocycles. The number of hydrogen-bond donors (Lipinski definition) is 1. The standard InChI is InChI=1S/C24H33NO3/c1-16(25-4)18-7-8-19-20-6-5-17-15-23(27-13-14-28-23)11-10-22(17,3)24(20,26)12-9-21(18,19)2/h5,19-20,26H,6-15H2,1-3H3/b18-16-/t19-,20-,21+,22-,24+/m0/s1. The summed E-state index contributed by atoms with van der Waals surface area (Å²) in [6, 6.07) is 0. The Morgan fingerprint density at radius 2 is 1.89 bits per heavy atom. The maximum absolute atomic E-state index is 12.2. The molecule has 4 aliphatic carbocycles. The SMILES string of the molecule is [C-]#[N+]/C(C)=C1/CC[C@H]2[C@@H]3CC=C4CC5(CC[C@]4(C)[C@@]3(O)CC[C@]12C)OCCO5. The number of hydrogen-bond acceptors (Lipinski definition) is 3. The second-order valence-corrected chi connectivity index (χ2v) is 10.4. The molecule has 5 rings (SSSR count). The highest BCUT2D eigenvalue weighted by molar-refractivity contribution is 5.36. The number of nitrogens with zero attached hydrogens (tertiary/aromatic N) is 1. The molecule has 4 fully saturated rings. The van der Waals surface area contributed by atoms with Crippen molar-refractivity contribution in [1.82, 2.24) is 0 Å². The van der Waals surface area contributed by atoms with Gasteiger partial charge in [-0.1, -0.05) is 31.1 Å². The Hall–Kier alpha value is -1.15. The average Bonchev–Trinajstić information content (AvgIpc) is 3.27. The lowest BCUT2D eigenvalue weighted by atomic mass is 9.45. The Kier molecular flexibility index (Phi) is 4.00. The monoisotopic (exact) mass is 383 g/mol. The third-order valence-electron chi connectivity index (χ3n) is 9.50. The number of allylic oxidation sites excluding steroid dienone is 3. The van der Waals surface area contributed by atoms with Crippen molar-refractivity contribution in [1.29, 1.82) is 0 Å². The first kappa shape index (κ1) is 18.9. The van der Waals surface area contributed by atoms with Crippen LogP contribution in [0.25, 0.3) is 4.85 Å². The van der Waals surface area contributed by atoms with Crippen molar-refractivity contribution < 1.29 is 14.6 Å². The van der Waals surface area contributed by atoms with Gasteiger partial charge in [-0.05, 0) is 62.7 Å². The van der Waals surface area contributed by atoms with Crippen molar-refractivity contribution in [2.45, 2.75) is 83.5 Å². The largest absolute Gasteiger partial charge is 0.389 e. The van der Waals surface area contributed by atoms with Crippen LogP contribution >= 0.6 is 0 Å². The van der Waals surface area contributed by atoms with E-state index in [0.717, 1.165) is 57.1 Å². The predicted molar refractivity (Wildman–Crippen MR) is 107 cm³/mol. The number of fused-ring (bicyclic) bond motifs is 5. The van der Waals surface area contributed by atoms with Crippen LogP contribution in [0.3, 0.4) is 0 Å². The number of rotatable bonds is 0. The molecule has 152 valence electrons. The minimum Gasteiger partial charge on any atom is -0.389 e. The summed E-state index contributed by atoms with van der Waals surface area (Å²) in [5, 5.41) is 12.2. The van der Waals surface area contributed by atoms with E-state index in [0.29, 0.717) is 19.1 Å². The van der Waals surface area contributed by atoms with Gasteiger partial charge in [-0.15, -0.1) is 0 Å². The second kappa shape index (κ2) is 5.94. The van der Waals surface area contributed by atoms with Crippen LogP contribution in [0, 0.1) is 29.2 Å². The Morgan fingerprint density at radius 3 is 2.61 bits per heavy atom. The van der Waals surface area contributed by atoms with Crippen LogP contribution in [0.15, 0.2) is 22.9 Å². The summed E-state index contributed by atoms with van der Waals surface area (Å²) in [7, 11) is 0. The van der Waals surface area contributed by atoms with Gasteiger partial charge in [0.1, 0.15) is 0 Å². The molecule has 4 nitrogen and oxygen atoms in total. The van der Waals surface area contributed by atoms with Gasteiger partial charge in [0.2, 0.25) is 0 Å². The van der Waals surface area contributed by atoms with Crippen LogP contribution in [0.2, 0.25) is 0 Å². The van der Waals surface area contributed by atoms with Crippen LogP contribution in [-0.4, -0.2) is 29.7 Å². The number of ether oxygens (including phenoxy) is 2. The fourth-order valence-electron chi connectivity index (χ4n) is 7.76. The maximum Gasteiger partial charge on any atom is 0.172 e. The predicted octanol–water partition coefficient (Wildman–Crippen LogP) is 5.00. The molecule has 0 aromatic rings. The van der Waals surface area contributed by atoms with E-state index in [1.54, 1.807) is 0 Å². The minimum atomic E-state index is -0.650. The lowest BCUT2D eigenvalue weighted by Crippen LogP contribution is -2.63. The molecule has 0 bridgehead atoms. The van der Waals surface area contributed by atoms with Crippen molar-refractivity contribution in [3.8, 4) is 0 Å². The lowest BCUT2D eigenvalue weighted by Gasteiger charge is -2.63. The van der Waals surface area contributed by atoms with E-state index in [4.69, 9.17) is 16.0 Å². The molecule has 28 heavy (non-hydrogen) atoms. The Balaban J connectivity index is 1.52. The zero-order chi connectivity index (χ0) is 19.8. The van der Waals surface area contributed by atoms with Gasteiger partial charge in [0.25, 0.3) is 0 Å². The van der Waals surface area contributed by atoms with E-state index in [-0.39, 0.29) is 16.7 Å². The molecule has 0 aromatic heterocycles. The number of aliphatic hydroxyl groups is 1. The minimum absolute atomic E-state index is 0.0841. The van der Waals surface area contributed by atoms with E-state index < -0.39 is 11.4 Å². The third-order valence-corrected chi connectivity index (χ3v) is 9.50. The van der Waals surface area contributed by atoms with Crippen molar-refractivity contribution in [2.24, 2.45) is 22.7 Å². The van der Waals surface area contributed by atoms with Crippen LogP contribution < -0.4 is 0 Å². The first-order valence-corrected chi connectivity index (χ1v) is 11.1. The maximum atomic E-state index is 12.2. The van der Waals surface area contributed by atoms with Crippen LogP contribution in [0.1, 0.15) is 72.1 Å². The normalized spacial score (nSPS) is 48.3. The summed E-state index contributed by atoms with van der Waals surface area (Å²) in [5.41, 5.74) is 2.87. The zero-order valence-corrected chi connectivity index (χ0v) is 17.5. The summed E-state index contributed by atoms with van der Waals surface area (Å²) in [4.78, 5) is 3.78. The second-order valence-electron chi connectivity index (χ2n) is 10.4. The van der Waals surface area contributed by atoms with Gasteiger partial charge in [0.15, 0.2) is 11.5 Å². The molecule has 1 saturated heterocycles. The van der Waals surface area contributed by atoms with Gasteiger partial charge >= 0.3 is 0 Å². The fourth-order valence-corrected chi connectivity index (χ4v) is 7.76. The highest BCUT2D eigenvalue weighted by Gasteiger charge is 2.66. The molecule has 3 saturated carbocycles. The fraction of sp³-hybridized carbons (Fsp3) is 0.792. The lowest BCUT2D eigenvalue weighted by molar-refractivity contribution is -0.218. The molecule has 1 heterocycles. The molecule has 1 spiro atoms. The van der Waals surface area contributed by atoms with E-state index >= 15 is 0 Å². The van der Waals surface area contributed by atoms with Gasteiger partial charge in [0.05, 0.1) is 25.4 Å². The highest BCUT2D eigenvalue weighted by atomic mass is 16.7. The van der Waals surface area contributed by atoms with Gasteiger partial charge < -0.3 is 14.6 Å². The molecule has 5 atom stereocenters. The topological polar surface area (TPSA) is 43.0 Å². The molecular formula is C24H33NO3. The smallest absolute Gasteiger partial charge is 0.172 e. The highest BCUT2D eigenvalue weighted by Crippen LogP contribution is 2.68. The van der Waals surface area contributed by atoms with Crippen molar-refractivity contribution in [3.63, 3.8) is 0 Å². The van der Waals surface area contributed by atoms with Crippen molar-refractivity contribution in [3.05, 3.63) is 34.3 Å². The van der Waals surface area contributed by atoms with E-state index in [9.17, 15) is 5.11 Å². The van der Waals surface area contributed by atoms with Crippen molar-refractivity contribution in [2.75, 3.05) is 13.2 Å². The molecule has 1 aliphatic heterocycles. The zero-order valence-electron chi connectivity index (χ0n) is 17.5. The molecule has 0 unspecified atom stereocenters. The Labute approximate surface area is 168 Å². The van der Waals surface area contributed by atoms with Gasteiger partial charge in [-0.2, -0.15) is 0 Å². The Bertz CT molecular complexity index is 801. The molecule has 0 amide bonds. The molecular weight excluding hydrogens is 350 g/mol. The molecule has 4 heteroatoms. The summed E-state index contributed by atoms with van der Waals surface area (Å²) in [5.74, 6) is 0.325. The summed E-state index contributed by atoms with van der Waals surface area (Å²) in [6.07, 6.45) is 9.95. The molecule has 5 aliphatic rings.